The highest BCUT2D eigenvalue weighted by molar-refractivity contribution is 9.10. The van der Waals surface area contributed by atoms with Gasteiger partial charge in [-0.2, -0.15) is 0 Å². The topological polar surface area (TPSA) is 49.8 Å². The van der Waals surface area contributed by atoms with Crippen LogP contribution in [0.5, 0.6) is 0 Å². The van der Waals surface area contributed by atoms with E-state index in [-0.39, 0.29) is 22.5 Å². The number of anilines is 2. The van der Waals surface area contributed by atoms with Gasteiger partial charge in [0.1, 0.15) is 27.9 Å². The second-order valence-electron chi connectivity index (χ2n) is 11.5. The number of halogens is 3. The number of nitrogens with zero attached hydrogens (tertiary/aromatic N) is 2. The number of hydrogen-bond acceptors (Lipinski definition) is 4. The van der Waals surface area contributed by atoms with Crippen LogP contribution in [0, 0.1) is 11.6 Å². The fourth-order valence-corrected chi connectivity index (χ4v) is 4.41. The molecule has 2 N–H and O–H groups in total. The molecule has 0 saturated heterocycles. The Morgan fingerprint density at radius 3 is 1.56 bits per heavy atom. The summed E-state index contributed by atoms with van der Waals surface area (Å²) in [4.78, 5) is 8.91. The van der Waals surface area contributed by atoms with Crippen LogP contribution in [0.15, 0.2) is 95.1 Å². The van der Waals surface area contributed by atoms with Crippen molar-refractivity contribution in [1.29, 1.82) is 0 Å². The molecule has 2 aromatic carbocycles. The molecule has 2 aromatic heterocycles. The number of allylic oxidation sites excluding steroid dienone is 1. The van der Waals surface area contributed by atoms with E-state index in [9.17, 15) is 8.78 Å². The molecule has 0 aliphatic rings. The van der Waals surface area contributed by atoms with Gasteiger partial charge in [-0.15, -0.1) is 0 Å². The lowest BCUT2D eigenvalue weighted by molar-refractivity contribution is 0.552. The van der Waals surface area contributed by atoms with Crippen LogP contribution < -0.4 is 10.6 Å². The highest BCUT2D eigenvalue weighted by Gasteiger charge is 2.21. The molecule has 0 aliphatic carbocycles. The Labute approximate surface area is 251 Å². The maximum Gasteiger partial charge on any atom is 0.127 e. The Morgan fingerprint density at radius 1 is 0.683 bits per heavy atom. The number of aromatic nitrogens is 2. The summed E-state index contributed by atoms with van der Waals surface area (Å²) in [5.74, 6) is 1.26. The molecule has 0 aliphatic heterocycles. The number of benzene rings is 2. The molecular weight excluding hydrogens is 582 g/mol. The SMILES string of the molecule is CC(C)(CNc1cccc(Br)n1)c1ccc(F)cc1.CC(C)=Cc1cccc(NCC(C)(C)c2ccc(F)cc2)n1. The first kappa shape index (κ1) is 31.9. The predicted octanol–water partition coefficient (Wildman–Crippen LogP) is 9.41. The monoisotopic (exact) mass is 620 g/mol. The largest absolute Gasteiger partial charge is 0.369 e. The first-order valence-electron chi connectivity index (χ1n) is 13.6. The molecule has 4 rings (SSSR count). The molecule has 0 saturated carbocycles. The van der Waals surface area contributed by atoms with Gasteiger partial charge in [-0.05, 0) is 95.5 Å². The zero-order valence-corrected chi connectivity index (χ0v) is 26.2. The summed E-state index contributed by atoms with van der Waals surface area (Å²) < 4.78 is 26.8. The summed E-state index contributed by atoms with van der Waals surface area (Å²) in [6.45, 7) is 14.1. The summed E-state index contributed by atoms with van der Waals surface area (Å²) in [6, 6.07) is 25.0. The van der Waals surface area contributed by atoms with E-state index >= 15 is 0 Å². The summed E-state index contributed by atoms with van der Waals surface area (Å²) in [5, 5.41) is 6.68. The normalized spacial score (nSPS) is 11.2. The van der Waals surface area contributed by atoms with Gasteiger partial charge in [0, 0.05) is 23.9 Å². The average Bonchev–Trinajstić information content (AvgIpc) is 2.92. The van der Waals surface area contributed by atoms with Crippen LogP contribution in [-0.2, 0) is 10.8 Å². The molecule has 7 heteroatoms. The van der Waals surface area contributed by atoms with Crippen molar-refractivity contribution in [1.82, 2.24) is 9.97 Å². The highest BCUT2D eigenvalue weighted by Crippen LogP contribution is 2.25. The molecule has 0 spiro atoms. The highest BCUT2D eigenvalue weighted by atomic mass is 79.9. The summed E-state index contributed by atoms with van der Waals surface area (Å²) in [7, 11) is 0. The van der Waals surface area contributed by atoms with Gasteiger partial charge in [0.15, 0.2) is 0 Å². The van der Waals surface area contributed by atoms with Crippen molar-refractivity contribution in [2.45, 2.75) is 52.4 Å². The number of rotatable bonds is 9. The van der Waals surface area contributed by atoms with E-state index in [1.54, 1.807) is 0 Å². The fraction of sp³-hybridized carbons (Fsp3) is 0.294. The van der Waals surface area contributed by atoms with Crippen LogP contribution in [0.1, 0.15) is 58.4 Å². The van der Waals surface area contributed by atoms with Gasteiger partial charge in [0.25, 0.3) is 0 Å². The van der Waals surface area contributed by atoms with Crippen LogP contribution >= 0.6 is 15.9 Å². The molecule has 41 heavy (non-hydrogen) atoms. The molecule has 4 nitrogen and oxygen atoms in total. The van der Waals surface area contributed by atoms with Crippen molar-refractivity contribution in [3.63, 3.8) is 0 Å². The van der Waals surface area contributed by atoms with Gasteiger partial charge in [0.2, 0.25) is 0 Å². The number of nitrogens with one attached hydrogen (secondary N) is 2. The average molecular weight is 622 g/mol. The van der Waals surface area contributed by atoms with Gasteiger partial charge in [-0.3, -0.25) is 0 Å². The van der Waals surface area contributed by atoms with Crippen LogP contribution in [0.2, 0.25) is 0 Å². The van der Waals surface area contributed by atoms with E-state index in [1.165, 1.54) is 29.8 Å². The Hall–Kier alpha value is -3.58. The lowest BCUT2D eigenvalue weighted by atomic mass is 9.84. The molecule has 0 amide bonds. The Bertz CT molecular complexity index is 1430. The van der Waals surface area contributed by atoms with E-state index in [0.29, 0.717) is 0 Å². The van der Waals surface area contributed by atoms with Gasteiger partial charge in [0.05, 0.1) is 5.69 Å². The molecule has 0 atom stereocenters. The van der Waals surface area contributed by atoms with Crippen LogP contribution in [0.25, 0.3) is 6.08 Å². The molecule has 0 bridgehead atoms. The van der Waals surface area contributed by atoms with E-state index in [2.05, 4.69) is 84.1 Å². The lowest BCUT2D eigenvalue weighted by Crippen LogP contribution is -2.27. The van der Waals surface area contributed by atoms with Gasteiger partial charge in [-0.25, -0.2) is 18.7 Å². The minimum Gasteiger partial charge on any atom is -0.369 e. The Morgan fingerprint density at radius 2 is 1.12 bits per heavy atom. The van der Waals surface area contributed by atoms with Crippen molar-refractivity contribution in [3.05, 3.63) is 124 Å². The van der Waals surface area contributed by atoms with E-state index in [4.69, 9.17) is 0 Å². The van der Waals surface area contributed by atoms with Gasteiger partial charge >= 0.3 is 0 Å². The van der Waals surface area contributed by atoms with E-state index in [1.807, 2.05) is 60.7 Å². The van der Waals surface area contributed by atoms with E-state index < -0.39 is 0 Å². The van der Waals surface area contributed by atoms with Gasteiger partial charge in [-0.1, -0.05) is 69.7 Å². The summed E-state index contributed by atoms with van der Waals surface area (Å²) in [5.41, 5.74) is 4.15. The van der Waals surface area contributed by atoms with Crippen molar-refractivity contribution >= 4 is 33.6 Å². The van der Waals surface area contributed by atoms with Crippen molar-refractivity contribution < 1.29 is 8.78 Å². The third kappa shape index (κ3) is 10.4. The van der Waals surface area contributed by atoms with Crippen LogP contribution in [-0.4, -0.2) is 23.1 Å². The molecule has 216 valence electrons. The van der Waals surface area contributed by atoms with Crippen LogP contribution in [0.3, 0.4) is 0 Å². The Kier molecular flexibility index (Phi) is 11.2. The number of pyridine rings is 2. The summed E-state index contributed by atoms with van der Waals surface area (Å²) >= 11 is 3.34. The fourth-order valence-electron chi connectivity index (χ4n) is 4.06. The van der Waals surface area contributed by atoms with Crippen LogP contribution in [0.4, 0.5) is 20.4 Å². The second-order valence-corrected chi connectivity index (χ2v) is 12.3. The third-order valence-corrected chi connectivity index (χ3v) is 7.04. The molecule has 0 fully saturated rings. The number of hydrogen-bond donors (Lipinski definition) is 2. The predicted molar refractivity (Wildman–Crippen MR) is 171 cm³/mol. The second kappa shape index (κ2) is 14.4. The zero-order chi connectivity index (χ0) is 30.0. The first-order chi connectivity index (χ1) is 19.3. The van der Waals surface area contributed by atoms with E-state index in [0.717, 1.165) is 46.1 Å². The molecule has 2 heterocycles. The maximum absolute atomic E-state index is 13.0. The maximum atomic E-state index is 13.0. The first-order valence-corrected chi connectivity index (χ1v) is 14.4. The van der Waals surface area contributed by atoms with Gasteiger partial charge < -0.3 is 10.6 Å². The molecule has 4 aromatic rings. The Balaban J connectivity index is 0.000000228. The molecule has 0 unspecified atom stereocenters. The van der Waals surface area contributed by atoms with Crippen molar-refractivity contribution in [2.24, 2.45) is 0 Å². The lowest BCUT2D eigenvalue weighted by Gasteiger charge is -2.26. The quantitative estimate of drug-likeness (QED) is 0.183. The zero-order valence-electron chi connectivity index (χ0n) is 24.6. The smallest absolute Gasteiger partial charge is 0.127 e. The third-order valence-electron chi connectivity index (χ3n) is 6.60. The van der Waals surface area contributed by atoms with Crippen molar-refractivity contribution in [3.8, 4) is 0 Å². The van der Waals surface area contributed by atoms with Crippen molar-refractivity contribution in [2.75, 3.05) is 23.7 Å². The summed E-state index contributed by atoms with van der Waals surface area (Å²) in [6.07, 6.45) is 2.05. The molecule has 0 radical (unpaired) electrons. The minimum absolute atomic E-state index is 0.0995. The minimum atomic E-state index is -0.207. The standard InChI is InChI=1S/C19H23FN2.C15H16BrFN2/c1-14(2)12-17-6-5-7-18(22-17)21-13-19(3,4)15-8-10-16(20)11-9-15;1-15(2,11-6-8-12(17)9-7-11)10-18-14-5-3-4-13(16)19-14/h5-12H,13H2,1-4H3,(H,21,22);3-9H,10H2,1-2H3,(H,18,19). The molecular formula is C34H39BrF2N4.